The van der Waals surface area contributed by atoms with E-state index in [4.69, 9.17) is 4.74 Å². The molecule has 1 aliphatic heterocycles. The van der Waals surface area contributed by atoms with Gasteiger partial charge in [0.05, 0.1) is 6.04 Å². The average Bonchev–Trinajstić information content (AvgIpc) is 2.94. The molecule has 0 spiro atoms. The molecule has 0 aliphatic carbocycles. The lowest BCUT2D eigenvalue weighted by Gasteiger charge is -2.25. The molecule has 21 heavy (non-hydrogen) atoms. The van der Waals surface area contributed by atoms with E-state index in [9.17, 15) is 4.79 Å². The van der Waals surface area contributed by atoms with Gasteiger partial charge in [-0.2, -0.15) is 0 Å². The van der Waals surface area contributed by atoms with E-state index in [0.717, 1.165) is 25.9 Å². The summed E-state index contributed by atoms with van der Waals surface area (Å²) < 4.78 is 5.26. The zero-order valence-electron chi connectivity index (χ0n) is 13.3. The second-order valence-electron chi connectivity index (χ2n) is 5.86. The Bertz CT molecular complexity index is 456. The highest BCUT2D eigenvalue weighted by molar-refractivity contribution is 5.78. The van der Waals surface area contributed by atoms with Crippen molar-refractivity contribution < 1.29 is 9.53 Å². The molecule has 1 aliphatic rings. The van der Waals surface area contributed by atoms with E-state index < -0.39 is 0 Å². The third kappa shape index (κ3) is 4.29. The van der Waals surface area contributed by atoms with Gasteiger partial charge in [-0.3, -0.25) is 4.79 Å². The molecule has 0 unspecified atom stereocenters. The van der Waals surface area contributed by atoms with E-state index in [-0.39, 0.29) is 18.6 Å². The number of ether oxygens (including phenoxy) is 1. The van der Waals surface area contributed by atoms with Crippen LogP contribution in [0.1, 0.15) is 36.9 Å². The van der Waals surface area contributed by atoms with Crippen LogP contribution in [0.4, 0.5) is 0 Å². The van der Waals surface area contributed by atoms with Gasteiger partial charge in [0.1, 0.15) is 6.61 Å². The fourth-order valence-corrected chi connectivity index (χ4v) is 2.89. The van der Waals surface area contributed by atoms with Crippen molar-refractivity contribution in [3.8, 4) is 0 Å². The third-order valence-electron chi connectivity index (χ3n) is 3.87. The van der Waals surface area contributed by atoms with Crippen LogP contribution in [0.3, 0.4) is 0 Å². The topological polar surface area (TPSA) is 32.8 Å². The molecule has 0 radical (unpaired) electrons. The minimum atomic E-state index is 0.108. The summed E-state index contributed by atoms with van der Waals surface area (Å²) in [5.74, 6) is 0.108. The second kappa shape index (κ2) is 7.57. The average molecular weight is 290 g/mol. The van der Waals surface area contributed by atoms with E-state index in [1.807, 2.05) is 11.8 Å². The molecule has 1 atom stereocenters. The summed E-state index contributed by atoms with van der Waals surface area (Å²) in [6, 6.07) is 8.87. The maximum absolute atomic E-state index is 12.2. The fraction of sp³-hybridized carbons (Fsp3) is 0.588. The van der Waals surface area contributed by atoms with Gasteiger partial charge in [-0.05, 0) is 45.0 Å². The van der Waals surface area contributed by atoms with Crippen molar-refractivity contribution in [3.05, 3.63) is 35.4 Å². The Morgan fingerprint density at radius 1 is 1.33 bits per heavy atom. The van der Waals surface area contributed by atoms with Crippen molar-refractivity contribution >= 4 is 5.91 Å². The molecule has 0 saturated carbocycles. The highest BCUT2D eigenvalue weighted by Gasteiger charge is 2.29. The predicted molar refractivity (Wildman–Crippen MR) is 84.0 cm³/mol. The van der Waals surface area contributed by atoms with Crippen LogP contribution in [0.15, 0.2) is 24.3 Å². The molecule has 1 aromatic carbocycles. The van der Waals surface area contributed by atoms with Crippen molar-refractivity contribution in [2.45, 2.75) is 32.4 Å². The zero-order valence-corrected chi connectivity index (χ0v) is 13.3. The van der Waals surface area contributed by atoms with Crippen molar-refractivity contribution in [1.29, 1.82) is 0 Å². The van der Waals surface area contributed by atoms with Crippen molar-refractivity contribution in [1.82, 2.24) is 9.80 Å². The molecule has 1 saturated heterocycles. The van der Waals surface area contributed by atoms with Crippen LogP contribution >= 0.6 is 0 Å². The standard InChI is InChI=1S/C17H26N2O2/c1-4-21-13-17(20)19-11-5-6-16(19)15-9-7-14(8-10-15)12-18(2)3/h7-10,16H,4-6,11-13H2,1-3H3/t16-/m1/s1. The number of hydrogen-bond acceptors (Lipinski definition) is 3. The van der Waals surface area contributed by atoms with Gasteiger partial charge in [0, 0.05) is 19.7 Å². The first-order valence-corrected chi connectivity index (χ1v) is 7.72. The lowest BCUT2D eigenvalue weighted by molar-refractivity contribution is -0.136. The van der Waals surface area contributed by atoms with Crippen molar-refractivity contribution in [2.75, 3.05) is 33.9 Å². The van der Waals surface area contributed by atoms with Crippen LogP contribution in [0, 0.1) is 0 Å². The number of nitrogens with zero attached hydrogens (tertiary/aromatic N) is 2. The van der Waals surface area contributed by atoms with Gasteiger partial charge < -0.3 is 14.5 Å². The van der Waals surface area contributed by atoms with Crippen LogP contribution in [-0.4, -0.2) is 49.6 Å². The van der Waals surface area contributed by atoms with E-state index in [2.05, 4.69) is 43.3 Å². The van der Waals surface area contributed by atoms with Crippen LogP contribution in [-0.2, 0) is 16.1 Å². The number of likely N-dealkylation sites (tertiary alicyclic amines) is 1. The van der Waals surface area contributed by atoms with E-state index in [1.165, 1.54) is 11.1 Å². The van der Waals surface area contributed by atoms with Gasteiger partial charge in [-0.25, -0.2) is 0 Å². The molecule has 0 N–H and O–H groups in total. The second-order valence-corrected chi connectivity index (χ2v) is 5.86. The van der Waals surface area contributed by atoms with E-state index in [0.29, 0.717) is 6.61 Å². The summed E-state index contributed by atoms with van der Waals surface area (Å²) >= 11 is 0. The predicted octanol–water partition coefficient (Wildman–Crippen LogP) is 2.45. The Hall–Kier alpha value is -1.39. The lowest BCUT2D eigenvalue weighted by atomic mass is 10.0. The number of rotatable bonds is 6. The number of carbonyl (C=O) groups is 1. The Balaban J connectivity index is 2.03. The van der Waals surface area contributed by atoms with E-state index in [1.54, 1.807) is 0 Å². The summed E-state index contributed by atoms with van der Waals surface area (Å²) in [5, 5.41) is 0. The van der Waals surface area contributed by atoms with Crippen LogP contribution in [0.2, 0.25) is 0 Å². The summed E-state index contributed by atoms with van der Waals surface area (Å²) in [5.41, 5.74) is 2.54. The summed E-state index contributed by atoms with van der Waals surface area (Å²) in [6.45, 7) is 4.49. The van der Waals surface area contributed by atoms with Gasteiger partial charge in [0.15, 0.2) is 0 Å². The molecule has 116 valence electrons. The molecule has 0 aromatic heterocycles. The van der Waals surface area contributed by atoms with Gasteiger partial charge in [-0.15, -0.1) is 0 Å². The first kappa shape index (κ1) is 16.0. The molecule has 4 nitrogen and oxygen atoms in total. The van der Waals surface area contributed by atoms with Gasteiger partial charge in [-0.1, -0.05) is 24.3 Å². The molecule has 2 rings (SSSR count). The Morgan fingerprint density at radius 3 is 2.67 bits per heavy atom. The first-order valence-electron chi connectivity index (χ1n) is 7.72. The maximum Gasteiger partial charge on any atom is 0.249 e. The third-order valence-corrected chi connectivity index (χ3v) is 3.87. The largest absolute Gasteiger partial charge is 0.372 e. The lowest BCUT2D eigenvalue weighted by Crippen LogP contribution is -2.33. The highest BCUT2D eigenvalue weighted by atomic mass is 16.5. The smallest absolute Gasteiger partial charge is 0.249 e. The molecule has 4 heteroatoms. The Labute approximate surface area is 127 Å². The quantitative estimate of drug-likeness (QED) is 0.807. The minimum absolute atomic E-state index is 0.108. The summed E-state index contributed by atoms with van der Waals surface area (Å²) in [7, 11) is 4.14. The highest BCUT2D eigenvalue weighted by Crippen LogP contribution is 2.32. The summed E-state index contributed by atoms with van der Waals surface area (Å²) in [4.78, 5) is 16.3. The van der Waals surface area contributed by atoms with Crippen molar-refractivity contribution in [3.63, 3.8) is 0 Å². The van der Waals surface area contributed by atoms with Gasteiger partial charge in [0.2, 0.25) is 5.91 Å². The molecular weight excluding hydrogens is 264 g/mol. The molecule has 0 bridgehead atoms. The minimum Gasteiger partial charge on any atom is -0.372 e. The van der Waals surface area contributed by atoms with Gasteiger partial charge in [0.25, 0.3) is 0 Å². The number of hydrogen-bond donors (Lipinski definition) is 0. The van der Waals surface area contributed by atoms with Gasteiger partial charge >= 0.3 is 0 Å². The SMILES string of the molecule is CCOCC(=O)N1CCC[C@@H]1c1ccc(CN(C)C)cc1. The summed E-state index contributed by atoms with van der Waals surface area (Å²) in [6.07, 6.45) is 2.12. The molecular formula is C17H26N2O2. The zero-order chi connectivity index (χ0) is 15.2. The number of carbonyl (C=O) groups excluding carboxylic acids is 1. The number of benzene rings is 1. The van der Waals surface area contributed by atoms with Crippen LogP contribution in [0.5, 0.6) is 0 Å². The molecule has 1 fully saturated rings. The Morgan fingerprint density at radius 2 is 2.05 bits per heavy atom. The normalized spacial score (nSPS) is 18.5. The van der Waals surface area contributed by atoms with Crippen LogP contribution in [0.25, 0.3) is 0 Å². The molecule has 1 aromatic rings. The van der Waals surface area contributed by atoms with E-state index >= 15 is 0 Å². The molecule has 1 heterocycles. The number of amides is 1. The maximum atomic E-state index is 12.2. The van der Waals surface area contributed by atoms with Crippen LogP contribution < -0.4 is 0 Å². The van der Waals surface area contributed by atoms with Crippen molar-refractivity contribution in [2.24, 2.45) is 0 Å². The Kier molecular flexibility index (Phi) is 5.76. The molecule has 1 amide bonds. The monoisotopic (exact) mass is 290 g/mol. The fourth-order valence-electron chi connectivity index (χ4n) is 2.89. The first-order chi connectivity index (χ1) is 10.1.